The minimum atomic E-state index is -1.03. The molecule has 0 unspecified atom stereocenters. The number of nitrogens with one attached hydrogen (secondary N) is 1. The minimum Gasteiger partial charge on any atom is -0.480 e. The molecule has 1 amide bonds. The summed E-state index contributed by atoms with van der Waals surface area (Å²) in [7, 11) is 0. The van der Waals surface area contributed by atoms with E-state index in [4.69, 9.17) is 16.7 Å². The van der Waals surface area contributed by atoms with E-state index in [9.17, 15) is 9.59 Å². The van der Waals surface area contributed by atoms with Gasteiger partial charge < -0.3 is 10.4 Å². The van der Waals surface area contributed by atoms with Gasteiger partial charge in [-0.1, -0.05) is 17.7 Å². The Kier molecular flexibility index (Phi) is 6.18. The molecule has 2 N–H and O–H groups in total. The van der Waals surface area contributed by atoms with Crippen molar-refractivity contribution >= 4 is 35.2 Å². The van der Waals surface area contributed by atoms with E-state index < -0.39 is 17.9 Å². The molecule has 4 nitrogen and oxygen atoms in total. The Morgan fingerprint density at radius 3 is 2.68 bits per heavy atom. The zero-order valence-electron chi connectivity index (χ0n) is 10.8. The maximum absolute atomic E-state index is 11.9. The molecule has 19 heavy (non-hydrogen) atoms. The van der Waals surface area contributed by atoms with E-state index >= 15 is 0 Å². The van der Waals surface area contributed by atoms with Crippen LogP contribution in [0.5, 0.6) is 0 Å². The van der Waals surface area contributed by atoms with Crippen LogP contribution in [0.25, 0.3) is 0 Å². The predicted octanol–water partition coefficient (Wildman–Crippen LogP) is 2.58. The van der Waals surface area contributed by atoms with E-state index in [0.29, 0.717) is 22.8 Å². The van der Waals surface area contributed by atoms with E-state index in [1.54, 1.807) is 18.2 Å². The van der Waals surface area contributed by atoms with Crippen LogP contribution < -0.4 is 5.32 Å². The van der Waals surface area contributed by atoms with Crippen LogP contribution in [0.3, 0.4) is 0 Å². The maximum Gasteiger partial charge on any atom is 0.326 e. The molecule has 0 radical (unpaired) electrons. The third-order valence-corrected chi connectivity index (χ3v) is 3.70. The molecule has 0 spiro atoms. The predicted molar refractivity (Wildman–Crippen MR) is 78.1 cm³/mol. The maximum atomic E-state index is 11.9. The Morgan fingerprint density at radius 1 is 1.47 bits per heavy atom. The van der Waals surface area contributed by atoms with Crippen molar-refractivity contribution in [2.24, 2.45) is 0 Å². The smallest absolute Gasteiger partial charge is 0.326 e. The number of carboxylic acids is 1. The molecular formula is C13H16ClNO3S. The molecule has 0 saturated heterocycles. The molecule has 1 aromatic rings. The number of aliphatic carboxylic acids is 1. The SMILES string of the molecule is CSCC[C@@H](NC(=O)c1ccc(C)c(Cl)c1)C(=O)O. The number of aryl methyl sites for hydroxylation is 1. The summed E-state index contributed by atoms with van der Waals surface area (Å²) < 4.78 is 0. The Bertz CT molecular complexity index is 479. The Labute approximate surface area is 121 Å². The summed E-state index contributed by atoms with van der Waals surface area (Å²) >= 11 is 7.48. The van der Waals surface area contributed by atoms with Crippen molar-refractivity contribution in [3.8, 4) is 0 Å². The first kappa shape index (κ1) is 15.9. The molecule has 0 aliphatic rings. The van der Waals surface area contributed by atoms with Gasteiger partial charge in [0, 0.05) is 10.6 Å². The van der Waals surface area contributed by atoms with Crippen molar-refractivity contribution in [2.45, 2.75) is 19.4 Å². The van der Waals surface area contributed by atoms with Crippen molar-refractivity contribution in [3.05, 3.63) is 34.3 Å². The summed E-state index contributed by atoms with van der Waals surface area (Å²) in [4.78, 5) is 23.0. The molecule has 0 bridgehead atoms. The molecule has 0 heterocycles. The number of halogens is 1. The van der Waals surface area contributed by atoms with E-state index in [2.05, 4.69) is 5.32 Å². The van der Waals surface area contributed by atoms with Gasteiger partial charge in [-0.2, -0.15) is 11.8 Å². The van der Waals surface area contributed by atoms with Crippen molar-refractivity contribution in [1.29, 1.82) is 0 Å². The summed E-state index contributed by atoms with van der Waals surface area (Å²) in [5, 5.41) is 12.0. The standard InChI is InChI=1S/C13H16ClNO3S/c1-8-3-4-9(7-10(8)14)12(16)15-11(13(17)18)5-6-19-2/h3-4,7,11H,5-6H2,1-2H3,(H,15,16)(H,17,18)/t11-/m1/s1. The molecule has 6 heteroatoms. The number of thioether (sulfide) groups is 1. The first-order chi connectivity index (χ1) is 8.95. The molecule has 1 aromatic carbocycles. The molecule has 1 rings (SSSR count). The van der Waals surface area contributed by atoms with Gasteiger partial charge >= 0.3 is 5.97 Å². The van der Waals surface area contributed by atoms with Gasteiger partial charge in [0.05, 0.1) is 0 Å². The minimum absolute atomic E-state index is 0.367. The summed E-state index contributed by atoms with van der Waals surface area (Å²) in [6, 6.07) is 4.03. The third kappa shape index (κ3) is 4.76. The van der Waals surface area contributed by atoms with Gasteiger partial charge in [0.25, 0.3) is 5.91 Å². The highest BCUT2D eigenvalue weighted by Gasteiger charge is 2.20. The van der Waals surface area contributed by atoms with E-state index in [1.165, 1.54) is 11.8 Å². The van der Waals surface area contributed by atoms with Gasteiger partial charge in [-0.25, -0.2) is 4.79 Å². The second kappa shape index (κ2) is 7.40. The van der Waals surface area contributed by atoms with Crippen LogP contribution in [0, 0.1) is 6.92 Å². The fraction of sp³-hybridized carbons (Fsp3) is 0.385. The highest BCUT2D eigenvalue weighted by molar-refractivity contribution is 7.98. The monoisotopic (exact) mass is 301 g/mol. The Balaban J connectivity index is 2.75. The Morgan fingerprint density at radius 2 is 2.16 bits per heavy atom. The van der Waals surface area contributed by atoms with E-state index in [1.807, 2.05) is 13.2 Å². The molecule has 0 aliphatic carbocycles. The number of carbonyl (C=O) groups is 2. The number of hydrogen-bond acceptors (Lipinski definition) is 3. The fourth-order valence-electron chi connectivity index (χ4n) is 1.47. The van der Waals surface area contributed by atoms with Crippen LogP contribution in [0.4, 0.5) is 0 Å². The summed E-state index contributed by atoms with van der Waals surface area (Å²) in [6.07, 6.45) is 2.28. The quantitative estimate of drug-likeness (QED) is 0.847. The average Bonchev–Trinajstić information content (AvgIpc) is 2.37. The van der Waals surface area contributed by atoms with Gasteiger partial charge in [-0.15, -0.1) is 0 Å². The number of benzene rings is 1. The van der Waals surface area contributed by atoms with E-state index in [0.717, 1.165) is 5.56 Å². The van der Waals surface area contributed by atoms with Crippen LogP contribution in [-0.4, -0.2) is 35.0 Å². The highest BCUT2D eigenvalue weighted by Crippen LogP contribution is 2.16. The van der Waals surface area contributed by atoms with Crippen LogP contribution in [0.2, 0.25) is 5.02 Å². The van der Waals surface area contributed by atoms with Gasteiger partial charge in [0.1, 0.15) is 6.04 Å². The first-order valence-electron chi connectivity index (χ1n) is 5.74. The normalized spacial score (nSPS) is 11.9. The molecule has 104 valence electrons. The number of hydrogen-bond donors (Lipinski definition) is 2. The number of amides is 1. The Hall–Kier alpha value is -1.20. The zero-order chi connectivity index (χ0) is 14.4. The molecule has 0 saturated carbocycles. The third-order valence-electron chi connectivity index (χ3n) is 2.65. The van der Waals surface area contributed by atoms with Gasteiger partial charge in [-0.3, -0.25) is 4.79 Å². The molecule has 0 fully saturated rings. The van der Waals surface area contributed by atoms with Crippen molar-refractivity contribution in [1.82, 2.24) is 5.32 Å². The summed E-state index contributed by atoms with van der Waals surface area (Å²) in [5.41, 5.74) is 1.24. The number of carbonyl (C=O) groups excluding carboxylic acids is 1. The molecule has 0 aromatic heterocycles. The first-order valence-corrected chi connectivity index (χ1v) is 7.51. The van der Waals surface area contributed by atoms with E-state index in [-0.39, 0.29) is 0 Å². The number of carboxylic acid groups (broad SMARTS) is 1. The van der Waals surface area contributed by atoms with Gasteiger partial charge in [-0.05, 0) is 43.0 Å². The lowest BCUT2D eigenvalue weighted by atomic mass is 10.1. The largest absolute Gasteiger partial charge is 0.480 e. The molecule has 1 atom stereocenters. The topological polar surface area (TPSA) is 66.4 Å². The lowest BCUT2D eigenvalue weighted by molar-refractivity contribution is -0.139. The average molecular weight is 302 g/mol. The zero-order valence-corrected chi connectivity index (χ0v) is 12.3. The van der Waals surface area contributed by atoms with Crippen molar-refractivity contribution in [3.63, 3.8) is 0 Å². The van der Waals surface area contributed by atoms with Gasteiger partial charge in [0.2, 0.25) is 0 Å². The molecular weight excluding hydrogens is 286 g/mol. The van der Waals surface area contributed by atoms with Crippen molar-refractivity contribution < 1.29 is 14.7 Å². The van der Waals surface area contributed by atoms with Crippen LogP contribution >= 0.6 is 23.4 Å². The lowest BCUT2D eigenvalue weighted by Crippen LogP contribution is -2.41. The second-order valence-corrected chi connectivity index (χ2v) is 5.50. The fourth-order valence-corrected chi connectivity index (χ4v) is 2.12. The van der Waals surface area contributed by atoms with Crippen LogP contribution in [0.15, 0.2) is 18.2 Å². The lowest BCUT2D eigenvalue weighted by Gasteiger charge is -2.14. The van der Waals surface area contributed by atoms with Gasteiger partial charge in [0.15, 0.2) is 0 Å². The molecule has 0 aliphatic heterocycles. The summed E-state index contributed by atoms with van der Waals surface area (Å²) in [5.74, 6) is -0.776. The summed E-state index contributed by atoms with van der Waals surface area (Å²) in [6.45, 7) is 1.84. The van der Waals surface area contributed by atoms with Crippen LogP contribution in [0.1, 0.15) is 22.3 Å². The van der Waals surface area contributed by atoms with Crippen LogP contribution in [-0.2, 0) is 4.79 Å². The van der Waals surface area contributed by atoms with Crippen molar-refractivity contribution in [2.75, 3.05) is 12.0 Å². The highest BCUT2D eigenvalue weighted by atomic mass is 35.5. The number of rotatable bonds is 6. The second-order valence-electron chi connectivity index (χ2n) is 4.11.